The van der Waals surface area contributed by atoms with Crippen molar-refractivity contribution in [2.45, 2.75) is 11.9 Å². The van der Waals surface area contributed by atoms with Gasteiger partial charge < -0.3 is 25.3 Å². The molecule has 1 amide bonds. The minimum atomic E-state index is -0.808. The van der Waals surface area contributed by atoms with E-state index in [0.29, 0.717) is 17.2 Å². The highest BCUT2D eigenvalue weighted by molar-refractivity contribution is 8.00. The Morgan fingerprint density at radius 1 is 1.28 bits per heavy atom. The molecule has 0 saturated heterocycles. The Labute approximate surface area is 187 Å². The number of hydrogen-bond donors (Lipinski definition) is 2. The number of thioether (sulfide) groups is 1. The standard InChI is InChI=1S/C21H18N4O6S/c1-12(23)15(8-22)16(26)9-29-21(28)14-3-2-6-24-20(14)32-10-19(27)25-13-4-5-17-18(7-13)31-11-30-17/h2-7H,9-11,23H2,1H3,(H,25,27)/b15-12+. The number of hydrogen-bond acceptors (Lipinski definition) is 10. The first-order valence-electron chi connectivity index (χ1n) is 9.23. The SMILES string of the molecule is C/C(N)=C(/C#N)C(=O)COC(=O)c1cccnc1SCC(=O)Nc1ccc2c(c1)OCO2. The van der Waals surface area contributed by atoms with Gasteiger partial charge in [0.1, 0.15) is 16.7 Å². The summed E-state index contributed by atoms with van der Waals surface area (Å²) in [6, 6.07) is 9.70. The first-order chi connectivity index (χ1) is 15.4. The van der Waals surface area contributed by atoms with Crippen LogP contribution in [-0.4, -0.2) is 41.8 Å². The fourth-order valence-electron chi connectivity index (χ4n) is 2.62. The largest absolute Gasteiger partial charge is 0.454 e. The molecule has 11 heteroatoms. The van der Waals surface area contributed by atoms with Gasteiger partial charge in [0.25, 0.3) is 0 Å². The number of nitrogens with two attached hydrogens (primary N) is 1. The summed E-state index contributed by atoms with van der Waals surface area (Å²) in [6.45, 7) is 0.898. The number of amides is 1. The third-order valence-corrected chi connectivity index (χ3v) is 5.11. The van der Waals surface area contributed by atoms with Gasteiger partial charge in [0.2, 0.25) is 18.5 Å². The van der Waals surface area contributed by atoms with Gasteiger partial charge in [-0.3, -0.25) is 9.59 Å². The minimum Gasteiger partial charge on any atom is -0.454 e. The van der Waals surface area contributed by atoms with Crippen LogP contribution >= 0.6 is 11.8 Å². The zero-order valence-electron chi connectivity index (χ0n) is 16.9. The van der Waals surface area contributed by atoms with Crippen LogP contribution in [0.2, 0.25) is 0 Å². The third-order valence-electron chi connectivity index (χ3n) is 4.11. The summed E-state index contributed by atoms with van der Waals surface area (Å²) in [7, 11) is 0. The van der Waals surface area contributed by atoms with Crippen LogP contribution in [0.15, 0.2) is 52.8 Å². The van der Waals surface area contributed by atoms with Crippen LogP contribution < -0.4 is 20.5 Å². The molecule has 0 unspecified atom stereocenters. The molecule has 3 N–H and O–H groups in total. The Balaban J connectivity index is 1.58. The quantitative estimate of drug-likeness (QED) is 0.262. The maximum Gasteiger partial charge on any atom is 0.341 e. The van der Waals surface area contributed by atoms with E-state index in [4.69, 9.17) is 25.2 Å². The number of anilines is 1. The number of aromatic nitrogens is 1. The van der Waals surface area contributed by atoms with E-state index in [0.717, 1.165) is 11.8 Å². The van der Waals surface area contributed by atoms with Crippen LogP contribution in [0, 0.1) is 11.3 Å². The van der Waals surface area contributed by atoms with Gasteiger partial charge in [0, 0.05) is 23.6 Å². The fourth-order valence-corrected chi connectivity index (χ4v) is 3.40. The summed E-state index contributed by atoms with van der Waals surface area (Å²) in [5.74, 6) is -0.723. The Morgan fingerprint density at radius 2 is 2.06 bits per heavy atom. The number of allylic oxidation sites excluding steroid dienone is 1. The molecule has 0 saturated carbocycles. The predicted molar refractivity (Wildman–Crippen MR) is 114 cm³/mol. The van der Waals surface area contributed by atoms with Crippen molar-refractivity contribution in [1.82, 2.24) is 4.98 Å². The number of carbonyl (C=O) groups is 3. The Morgan fingerprint density at radius 3 is 2.81 bits per heavy atom. The molecule has 10 nitrogen and oxygen atoms in total. The number of ketones is 1. The second-order valence-corrected chi connectivity index (χ2v) is 7.39. The second-order valence-electron chi connectivity index (χ2n) is 6.43. The van der Waals surface area contributed by atoms with E-state index in [1.165, 1.54) is 25.3 Å². The number of Topliss-reactive ketones (excluding diaryl/α,β-unsaturated/α-hetero) is 1. The lowest BCUT2D eigenvalue weighted by Gasteiger charge is -2.09. The average Bonchev–Trinajstić information content (AvgIpc) is 3.24. The van der Waals surface area contributed by atoms with E-state index in [2.05, 4.69) is 10.3 Å². The molecule has 0 atom stereocenters. The number of nitrogens with one attached hydrogen (secondary N) is 1. The summed E-state index contributed by atoms with van der Waals surface area (Å²) >= 11 is 1.03. The fraction of sp³-hybridized carbons (Fsp3) is 0.190. The number of esters is 1. The molecular weight excluding hydrogens is 436 g/mol. The lowest BCUT2D eigenvalue weighted by atomic mass is 10.1. The minimum absolute atomic E-state index is 0.0294. The van der Waals surface area contributed by atoms with Crippen molar-refractivity contribution in [3.63, 3.8) is 0 Å². The van der Waals surface area contributed by atoms with Gasteiger partial charge in [-0.05, 0) is 31.2 Å². The molecule has 3 rings (SSSR count). The van der Waals surface area contributed by atoms with Crippen molar-refractivity contribution in [3.05, 3.63) is 53.4 Å². The van der Waals surface area contributed by atoms with Crippen LogP contribution in [0.5, 0.6) is 11.5 Å². The Kier molecular flexibility index (Phi) is 7.30. The maximum atomic E-state index is 12.4. The first-order valence-corrected chi connectivity index (χ1v) is 10.2. The highest BCUT2D eigenvalue weighted by Gasteiger charge is 2.19. The van der Waals surface area contributed by atoms with E-state index in [1.54, 1.807) is 24.3 Å². The van der Waals surface area contributed by atoms with Gasteiger partial charge in [-0.2, -0.15) is 5.26 Å². The van der Waals surface area contributed by atoms with Crippen LogP contribution in [0.3, 0.4) is 0 Å². The summed E-state index contributed by atoms with van der Waals surface area (Å²) in [5, 5.41) is 11.9. The molecule has 1 aromatic carbocycles. The van der Waals surface area contributed by atoms with Crippen LogP contribution in [0.4, 0.5) is 5.69 Å². The smallest absolute Gasteiger partial charge is 0.341 e. The van der Waals surface area contributed by atoms with Gasteiger partial charge >= 0.3 is 5.97 Å². The van der Waals surface area contributed by atoms with Crippen LogP contribution in [0.1, 0.15) is 17.3 Å². The third kappa shape index (κ3) is 5.55. The number of nitrogens with zero attached hydrogens (tertiary/aromatic N) is 2. The van der Waals surface area contributed by atoms with Crippen molar-refractivity contribution in [3.8, 4) is 17.6 Å². The van der Waals surface area contributed by atoms with Gasteiger partial charge in [-0.15, -0.1) is 0 Å². The molecule has 0 radical (unpaired) electrons. The molecule has 0 fully saturated rings. The second kappa shape index (κ2) is 10.3. The molecule has 2 heterocycles. The van der Waals surface area contributed by atoms with E-state index in [-0.39, 0.29) is 40.3 Å². The van der Waals surface area contributed by atoms with Crippen molar-refractivity contribution >= 4 is 35.1 Å². The summed E-state index contributed by atoms with van der Waals surface area (Å²) in [6.07, 6.45) is 1.47. The molecule has 1 aliphatic heterocycles. The van der Waals surface area contributed by atoms with Crippen molar-refractivity contribution in [1.29, 1.82) is 5.26 Å². The molecule has 32 heavy (non-hydrogen) atoms. The number of carbonyl (C=O) groups excluding carboxylic acids is 3. The Bertz CT molecular complexity index is 1140. The highest BCUT2D eigenvalue weighted by Crippen LogP contribution is 2.34. The van der Waals surface area contributed by atoms with E-state index in [1.807, 2.05) is 0 Å². The van der Waals surface area contributed by atoms with E-state index in [9.17, 15) is 14.4 Å². The predicted octanol–water partition coefficient (Wildman–Crippen LogP) is 2.02. The van der Waals surface area contributed by atoms with Crippen molar-refractivity contribution in [2.24, 2.45) is 5.73 Å². The average molecular weight is 454 g/mol. The molecule has 0 aliphatic carbocycles. The van der Waals surface area contributed by atoms with Gasteiger partial charge in [-0.1, -0.05) is 11.8 Å². The molecule has 164 valence electrons. The topological polar surface area (TPSA) is 154 Å². The molecule has 1 aromatic heterocycles. The maximum absolute atomic E-state index is 12.4. The molecular formula is C21H18N4O6S. The van der Waals surface area contributed by atoms with Crippen molar-refractivity contribution in [2.75, 3.05) is 24.5 Å². The van der Waals surface area contributed by atoms with Gasteiger partial charge in [0.15, 0.2) is 18.1 Å². The number of pyridine rings is 1. The zero-order valence-corrected chi connectivity index (χ0v) is 17.7. The zero-order chi connectivity index (χ0) is 23.1. The van der Waals surface area contributed by atoms with Crippen molar-refractivity contribution < 1.29 is 28.6 Å². The number of rotatable bonds is 8. The van der Waals surface area contributed by atoms with E-state index < -0.39 is 18.4 Å². The number of ether oxygens (including phenoxy) is 3. The lowest BCUT2D eigenvalue weighted by molar-refractivity contribution is -0.118. The monoisotopic (exact) mass is 454 g/mol. The lowest BCUT2D eigenvalue weighted by Crippen LogP contribution is -2.18. The van der Waals surface area contributed by atoms with E-state index >= 15 is 0 Å². The summed E-state index contributed by atoms with van der Waals surface area (Å²) in [5.41, 5.74) is 5.88. The van der Waals surface area contributed by atoms with Gasteiger partial charge in [-0.25, -0.2) is 9.78 Å². The molecule has 0 spiro atoms. The summed E-state index contributed by atoms with van der Waals surface area (Å²) in [4.78, 5) is 40.8. The summed E-state index contributed by atoms with van der Waals surface area (Å²) < 4.78 is 15.5. The molecule has 0 bridgehead atoms. The number of fused-ring (bicyclic) bond motifs is 1. The number of benzene rings is 1. The molecule has 1 aliphatic rings. The Hall–Kier alpha value is -4.04. The normalized spacial score (nSPS) is 12.4. The first kappa shape index (κ1) is 22.6. The van der Waals surface area contributed by atoms with Gasteiger partial charge in [0.05, 0.1) is 11.3 Å². The van der Waals surface area contributed by atoms with Crippen LogP contribution in [0.25, 0.3) is 0 Å². The molecule has 2 aromatic rings. The van der Waals surface area contributed by atoms with Crippen LogP contribution in [-0.2, 0) is 14.3 Å². The number of nitriles is 1. The highest BCUT2D eigenvalue weighted by atomic mass is 32.2.